The fourth-order valence-electron chi connectivity index (χ4n) is 3.07. The van der Waals surface area contributed by atoms with Gasteiger partial charge in [0.15, 0.2) is 0 Å². The first-order valence-corrected chi connectivity index (χ1v) is 8.92. The average Bonchev–Trinajstić information content (AvgIpc) is 2.89. The van der Waals surface area contributed by atoms with Crippen molar-refractivity contribution in [3.8, 4) is 5.75 Å². The second-order valence-corrected chi connectivity index (χ2v) is 6.73. The molecule has 0 aromatic heterocycles. The lowest BCUT2D eigenvalue weighted by Crippen LogP contribution is -2.52. The van der Waals surface area contributed by atoms with Gasteiger partial charge >= 0.3 is 6.18 Å². The molecule has 1 aromatic rings. The van der Waals surface area contributed by atoms with Crippen molar-refractivity contribution in [1.82, 2.24) is 10.2 Å². The van der Waals surface area contributed by atoms with Gasteiger partial charge in [0, 0.05) is 22.9 Å². The van der Waals surface area contributed by atoms with Crippen molar-refractivity contribution in [2.24, 2.45) is 0 Å². The quantitative estimate of drug-likeness (QED) is 0.582. The number of hydrogen-bond acceptors (Lipinski definition) is 4. The SMILES string of the molecule is O=C1CCC(N2Cc3c(OCCBr)cc(C(F)(F)F)cc3C2=O)C(=O)N1. The second kappa shape index (κ2) is 6.90. The lowest BCUT2D eigenvalue weighted by molar-refractivity contribution is -0.138. The summed E-state index contributed by atoms with van der Waals surface area (Å²) in [5.41, 5.74) is -0.804. The molecular weight excluding hydrogens is 421 g/mol. The van der Waals surface area contributed by atoms with Crippen LogP contribution < -0.4 is 10.1 Å². The third kappa shape index (κ3) is 3.42. The molecule has 0 saturated carbocycles. The van der Waals surface area contributed by atoms with E-state index in [0.29, 0.717) is 10.9 Å². The van der Waals surface area contributed by atoms with E-state index in [1.807, 2.05) is 0 Å². The molecule has 2 heterocycles. The van der Waals surface area contributed by atoms with Crippen LogP contribution in [-0.2, 0) is 22.3 Å². The first-order chi connectivity index (χ1) is 12.2. The Morgan fingerprint density at radius 3 is 2.62 bits per heavy atom. The molecule has 140 valence electrons. The highest BCUT2D eigenvalue weighted by Crippen LogP contribution is 2.39. The molecule has 1 aromatic carbocycles. The Balaban J connectivity index is 1.97. The van der Waals surface area contributed by atoms with Crippen LogP contribution in [0.25, 0.3) is 0 Å². The van der Waals surface area contributed by atoms with Crippen LogP contribution in [0.5, 0.6) is 5.75 Å². The minimum Gasteiger partial charge on any atom is -0.492 e. The van der Waals surface area contributed by atoms with Crippen molar-refractivity contribution in [2.75, 3.05) is 11.9 Å². The van der Waals surface area contributed by atoms with Gasteiger partial charge in [-0.15, -0.1) is 0 Å². The molecule has 1 atom stereocenters. The van der Waals surface area contributed by atoms with Gasteiger partial charge in [-0.1, -0.05) is 15.9 Å². The van der Waals surface area contributed by atoms with Crippen molar-refractivity contribution >= 4 is 33.7 Å². The van der Waals surface area contributed by atoms with Crippen LogP contribution in [-0.4, -0.2) is 40.6 Å². The molecule has 26 heavy (non-hydrogen) atoms. The van der Waals surface area contributed by atoms with E-state index in [-0.39, 0.29) is 37.3 Å². The average molecular weight is 435 g/mol. The Hall–Kier alpha value is -2.10. The molecule has 1 fully saturated rings. The van der Waals surface area contributed by atoms with Crippen molar-refractivity contribution in [2.45, 2.75) is 31.6 Å². The number of fused-ring (bicyclic) bond motifs is 1. The number of hydrogen-bond donors (Lipinski definition) is 1. The van der Waals surface area contributed by atoms with Crippen LogP contribution in [0.1, 0.15) is 34.3 Å². The van der Waals surface area contributed by atoms with Crippen LogP contribution >= 0.6 is 15.9 Å². The van der Waals surface area contributed by atoms with Gasteiger partial charge in [0.1, 0.15) is 11.8 Å². The Morgan fingerprint density at radius 1 is 1.27 bits per heavy atom. The van der Waals surface area contributed by atoms with Gasteiger partial charge in [-0.25, -0.2) is 0 Å². The number of rotatable bonds is 4. The molecular formula is C16H14BrF3N2O4. The number of ether oxygens (including phenoxy) is 1. The molecule has 1 saturated heterocycles. The maximum absolute atomic E-state index is 13.2. The molecule has 3 amide bonds. The summed E-state index contributed by atoms with van der Waals surface area (Å²) in [6.45, 7) is 0.0799. The largest absolute Gasteiger partial charge is 0.492 e. The van der Waals surface area contributed by atoms with Gasteiger partial charge in [-0.3, -0.25) is 19.7 Å². The van der Waals surface area contributed by atoms with Gasteiger partial charge in [0.25, 0.3) is 5.91 Å². The second-order valence-electron chi connectivity index (χ2n) is 5.94. The van der Waals surface area contributed by atoms with E-state index in [1.165, 1.54) is 4.90 Å². The summed E-state index contributed by atoms with van der Waals surface area (Å²) in [7, 11) is 0. The van der Waals surface area contributed by atoms with Crippen molar-refractivity contribution in [3.63, 3.8) is 0 Å². The molecule has 0 aliphatic carbocycles. The zero-order valence-corrected chi connectivity index (χ0v) is 14.9. The smallest absolute Gasteiger partial charge is 0.416 e. The Labute approximate surface area is 154 Å². The minimum absolute atomic E-state index is 0.0302. The van der Waals surface area contributed by atoms with Gasteiger partial charge in [-0.2, -0.15) is 13.2 Å². The Bertz CT molecular complexity index is 781. The molecule has 0 bridgehead atoms. The molecule has 6 nitrogen and oxygen atoms in total. The van der Waals surface area contributed by atoms with E-state index in [1.54, 1.807) is 0 Å². The number of piperidine rings is 1. The molecule has 0 radical (unpaired) electrons. The fourth-order valence-corrected chi connectivity index (χ4v) is 3.23. The molecule has 10 heteroatoms. The molecule has 1 N–H and O–H groups in total. The van der Waals surface area contributed by atoms with E-state index in [9.17, 15) is 27.6 Å². The van der Waals surface area contributed by atoms with Crippen LogP contribution in [0.3, 0.4) is 0 Å². The minimum atomic E-state index is -4.64. The van der Waals surface area contributed by atoms with E-state index in [0.717, 1.165) is 12.1 Å². The third-order valence-corrected chi connectivity index (χ3v) is 4.60. The summed E-state index contributed by atoms with van der Waals surface area (Å²) >= 11 is 3.14. The number of amides is 3. The monoisotopic (exact) mass is 434 g/mol. The maximum Gasteiger partial charge on any atom is 0.416 e. The molecule has 2 aliphatic heterocycles. The van der Waals surface area contributed by atoms with Crippen LogP contribution in [0.4, 0.5) is 13.2 Å². The van der Waals surface area contributed by atoms with E-state index < -0.39 is 35.5 Å². The number of nitrogens with one attached hydrogen (secondary N) is 1. The lowest BCUT2D eigenvalue weighted by Gasteiger charge is -2.29. The number of carbonyl (C=O) groups is 3. The summed E-state index contributed by atoms with van der Waals surface area (Å²) in [6, 6.07) is 0.749. The normalized spacial score (nSPS) is 20.2. The summed E-state index contributed by atoms with van der Waals surface area (Å²) in [4.78, 5) is 37.1. The predicted molar refractivity (Wildman–Crippen MR) is 86.8 cm³/mol. The molecule has 0 spiro atoms. The van der Waals surface area contributed by atoms with Crippen molar-refractivity contribution in [3.05, 3.63) is 28.8 Å². The first-order valence-electron chi connectivity index (χ1n) is 7.80. The van der Waals surface area contributed by atoms with E-state index >= 15 is 0 Å². The van der Waals surface area contributed by atoms with E-state index in [2.05, 4.69) is 21.2 Å². The Morgan fingerprint density at radius 2 is 2.00 bits per heavy atom. The lowest BCUT2D eigenvalue weighted by atomic mass is 10.0. The number of benzene rings is 1. The zero-order chi connectivity index (χ0) is 19.1. The number of carbonyl (C=O) groups excluding carboxylic acids is 3. The van der Waals surface area contributed by atoms with Crippen molar-refractivity contribution < 1.29 is 32.3 Å². The van der Waals surface area contributed by atoms with Gasteiger partial charge < -0.3 is 9.64 Å². The van der Waals surface area contributed by atoms with Gasteiger partial charge in [0.05, 0.1) is 18.7 Å². The van der Waals surface area contributed by atoms with Crippen LogP contribution in [0, 0.1) is 0 Å². The highest BCUT2D eigenvalue weighted by atomic mass is 79.9. The summed E-state index contributed by atoms with van der Waals surface area (Å²) in [5, 5.41) is 2.55. The maximum atomic E-state index is 13.2. The standard InChI is InChI=1S/C16H14BrF3N2O4/c17-3-4-26-12-6-8(16(18,19)20)5-9-10(12)7-22(15(9)25)11-1-2-13(23)21-14(11)24/h5-6,11H,1-4,7H2,(H,21,23,24). The summed E-state index contributed by atoms with van der Waals surface area (Å²) < 4.78 is 44.8. The topological polar surface area (TPSA) is 75.7 Å². The van der Waals surface area contributed by atoms with Gasteiger partial charge in [-0.05, 0) is 18.6 Å². The number of imide groups is 1. The van der Waals surface area contributed by atoms with Crippen LogP contribution in [0.15, 0.2) is 12.1 Å². The number of alkyl halides is 4. The summed E-state index contributed by atoms with van der Waals surface area (Å²) in [6.07, 6.45) is -4.44. The zero-order valence-electron chi connectivity index (χ0n) is 13.4. The molecule has 3 rings (SSSR count). The molecule has 1 unspecified atom stereocenters. The summed E-state index contributed by atoms with van der Waals surface area (Å²) in [5.74, 6) is -1.76. The van der Waals surface area contributed by atoms with E-state index in [4.69, 9.17) is 4.74 Å². The predicted octanol–water partition coefficient (Wildman–Crippen LogP) is 2.24. The highest BCUT2D eigenvalue weighted by molar-refractivity contribution is 9.09. The number of halogens is 4. The Kier molecular flexibility index (Phi) is 4.96. The molecule has 2 aliphatic rings. The van der Waals surface area contributed by atoms with Gasteiger partial charge in [0.2, 0.25) is 11.8 Å². The fraction of sp³-hybridized carbons (Fsp3) is 0.438. The highest BCUT2D eigenvalue weighted by Gasteiger charge is 2.42. The number of nitrogens with zero attached hydrogens (tertiary/aromatic N) is 1. The first kappa shape index (κ1) is 18.7. The van der Waals surface area contributed by atoms with Crippen molar-refractivity contribution in [1.29, 1.82) is 0 Å². The van der Waals surface area contributed by atoms with Crippen LogP contribution in [0.2, 0.25) is 0 Å². The third-order valence-electron chi connectivity index (χ3n) is 4.28.